The van der Waals surface area contributed by atoms with E-state index in [1.807, 2.05) is 6.07 Å². The predicted molar refractivity (Wildman–Crippen MR) is 105 cm³/mol. The smallest absolute Gasteiger partial charge is 0.306 e. The van der Waals surface area contributed by atoms with Crippen molar-refractivity contribution in [2.45, 2.75) is 51.3 Å². The Balaban J connectivity index is 2.03. The van der Waals surface area contributed by atoms with Gasteiger partial charge in [-0.25, -0.2) is 0 Å². The molecule has 0 aliphatic carbocycles. The van der Waals surface area contributed by atoms with Gasteiger partial charge in [0.05, 0.1) is 35.3 Å². The lowest BCUT2D eigenvalue weighted by Gasteiger charge is -2.37. The number of nitrogens with zero attached hydrogens (tertiary/aromatic N) is 1. The standard InChI is InChI=1S/C19H26Cl2N2O4/c1-19(2,3)27-17(24)7-6-15(22)18(25)23-8-9-26-11-16(23)12-4-5-13(20)14(21)10-12/h4-5,10,15-16H,6-9,11,22H2,1-3H3/t15-,16+/m1/s1. The van der Waals surface area contributed by atoms with Crippen LogP contribution in [0.4, 0.5) is 0 Å². The number of amides is 1. The molecule has 1 aliphatic heterocycles. The molecule has 0 spiro atoms. The molecule has 6 nitrogen and oxygen atoms in total. The highest BCUT2D eigenvalue weighted by molar-refractivity contribution is 6.42. The number of ether oxygens (including phenoxy) is 2. The van der Waals surface area contributed by atoms with Crippen LogP contribution in [0.3, 0.4) is 0 Å². The van der Waals surface area contributed by atoms with Crippen LogP contribution in [0.1, 0.15) is 45.2 Å². The lowest BCUT2D eigenvalue weighted by atomic mass is 10.0. The normalized spacial score (nSPS) is 18.9. The van der Waals surface area contributed by atoms with Crippen molar-refractivity contribution in [2.75, 3.05) is 19.8 Å². The Bertz CT molecular complexity index is 691. The van der Waals surface area contributed by atoms with E-state index in [4.69, 9.17) is 38.4 Å². The van der Waals surface area contributed by atoms with E-state index >= 15 is 0 Å². The number of carbonyl (C=O) groups is 2. The third kappa shape index (κ3) is 6.35. The zero-order chi connectivity index (χ0) is 20.2. The van der Waals surface area contributed by atoms with Crippen molar-refractivity contribution in [1.82, 2.24) is 4.90 Å². The minimum atomic E-state index is -0.791. The molecule has 2 rings (SSSR count). The second kappa shape index (κ2) is 9.24. The first-order chi connectivity index (χ1) is 12.6. The number of rotatable bonds is 5. The molecule has 1 fully saturated rings. The third-order valence-corrected chi connectivity index (χ3v) is 4.88. The molecular weight excluding hydrogens is 391 g/mol. The molecule has 1 amide bonds. The van der Waals surface area contributed by atoms with Crippen molar-refractivity contribution < 1.29 is 19.1 Å². The summed E-state index contributed by atoms with van der Waals surface area (Å²) in [6.07, 6.45) is 0.311. The average Bonchev–Trinajstić information content (AvgIpc) is 2.60. The summed E-state index contributed by atoms with van der Waals surface area (Å²) in [4.78, 5) is 26.4. The quantitative estimate of drug-likeness (QED) is 0.744. The molecule has 27 heavy (non-hydrogen) atoms. The van der Waals surface area contributed by atoms with Crippen molar-refractivity contribution in [2.24, 2.45) is 5.73 Å². The zero-order valence-electron chi connectivity index (χ0n) is 15.8. The third-order valence-electron chi connectivity index (χ3n) is 4.14. The van der Waals surface area contributed by atoms with Crippen LogP contribution >= 0.6 is 23.2 Å². The second-order valence-electron chi connectivity index (χ2n) is 7.53. The van der Waals surface area contributed by atoms with Gasteiger partial charge < -0.3 is 20.1 Å². The fourth-order valence-corrected chi connectivity index (χ4v) is 3.17. The van der Waals surface area contributed by atoms with Crippen molar-refractivity contribution in [1.29, 1.82) is 0 Å². The minimum Gasteiger partial charge on any atom is -0.460 e. The maximum Gasteiger partial charge on any atom is 0.306 e. The van der Waals surface area contributed by atoms with Crippen LogP contribution < -0.4 is 5.73 Å². The van der Waals surface area contributed by atoms with Crippen molar-refractivity contribution >= 4 is 35.1 Å². The number of hydrogen-bond donors (Lipinski definition) is 1. The molecular formula is C19H26Cl2N2O4. The van der Waals surface area contributed by atoms with Crippen molar-refractivity contribution in [3.8, 4) is 0 Å². The summed E-state index contributed by atoms with van der Waals surface area (Å²) in [5.74, 6) is -0.591. The number of morpholine rings is 1. The molecule has 150 valence electrons. The van der Waals surface area contributed by atoms with Crippen LogP contribution in [0.2, 0.25) is 10.0 Å². The summed E-state index contributed by atoms with van der Waals surface area (Å²) in [5.41, 5.74) is 6.34. The molecule has 8 heteroatoms. The van der Waals surface area contributed by atoms with Gasteiger partial charge in [-0.3, -0.25) is 9.59 Å². The largest absolute Gasteiger partial charge is 0.460 e. The summed E-state index contributed by atoms with van der Waals surface area (Å²) >= 11 is 12.1. The van der Waals surface area contributed by atoms with Gasteiger partial charge >= 0.3 is 5.97 Å². The first-order valence-electron chi connectivity index (χ1n) is 8.89. The van der Waals surface area contributed by atoms with E-state index in [1.165, 1.54) is 0 Å². The molecule has 0 radical (unpaired) electrons. The number of halogens is 2. The Kier molecular flexibility index (Phi) is 7.51. The van der Waals surface area contributed by atoms with Crippen LogP contribution in [0.15, 0.2) is 18.2 Å². The van der Waals surface area contributed by atoms with Gasteiger partial charge in [0.2, 0.25) is 5.91 Å². The van der Waals surface area contributed by atoms with Crippen LogP contribution in [0.5, 0.6) is 0 Å². The SMILES string of the molecule is CC(C)(C)OC(=O)CC[C@@H](N)C(=O)N1CCOC[C@H]1c1ccc(Cl)c(Cl)c1. The van der Waals surface area contributed by atoms with E-state index in [-0.39, 0.29) is 30.8 Å². The van der Waals surface area contributed by atoms with Gasteiger partial charge in [0.15, 0.2) is 0 Å². The summed E-state index contributed by atoms with van der Waals surface area (Å²) in [6, 6.07) is 4.16. The number of hydrogen-bond acceptors (Lipinski definition) is 5. The fraction of sp³-hybridized carbons (Fsp3) is 0.579. The maximum atomic E-state index is 12.9. The monoisotopic (exact) mass is 416 g/mol. The Hall–Kier alpha value is -1.34. The average molecular weight is 417 g/mol. The van der Waals surface area contributed by atoms with Gasteiger partial charge in [-0.15, -0.1) is 0 Å². The van der Waals surface area contributed by atoms with Crippen LogP contribution in [0, 0.1) is 0 Å². The number of benzene rings is 1. The van der Waals surface area contributed by atoms with Crippen LogP contribution in [-0.4, -0.2) is 48.2 Å². The van der Waals surface area contributed by atoms with Crippen molar-refractivity contribution in [3.05, 3.63) is 33.8 Å². The summed E-state index contributed by atoms with van der Waals surface area (Å²) in [6.45, 7) is 6.59. The lowest BCUT2D eigenvalue weighted by Crippen LogP contribution is -2.50. The summed E-state index contributed by atoms with van der Waals surface area (Å²) in [5, 5.41) is 0.866. The number of nitrogens with two attached hydrogens (primary N) is 1. The van der Waals surface area contributed by atoms with Gasteiger partial charge in [0.1, 0.15) is 5.60 Å². The maximum absolute atomic E-state index is 12.9. The Morgan fingerprint density at radius 1 is 1.33 bits per heavy atom. The number of esters is 1. The number of carbonyl (C=O) groups excluding carboxylic acids is 2. The predicted octanol–water partition coefficient (Wildman–Crippen LogP) is 3.34. The zero-order valence-corrected chi connectivity index (χ0v) is 17.3. The molecule has 2 atom stereocenters. The topological polar surface area (TPSA) is 81.9 Å². The fourth-order valence-electron chi connectivity index (χ4n) is 2.87. The minimum absolute atomic E-state index is 0.0892. The first-order valence-corrected chi connectivity index (χ1v) is 9.64. The van der Waals surface area contributed by atoms with E-state index < -0.39 is 11.6 Å². The second-order valence-corrected chi connectivity index (χ2v) is 8.34. The molecule has 1 aromatic carbocycles. The van der Waals surface area contributed by atoms with Gasteiger partial charge in [0, 0.05) is 13.0 Å². The first kappa shape index (κ1) is 22.0. The van der Waals surface area contributed by atoms with Crippen molar-refractivity contribution in [3.63, 3.8) is 0 Å². The summed E-state index contributed by atoms with van der Waals surface area (Å²) < 4.78 is 10.8. The molecule has 1 aliphatic rings. The Labute approximate surface area is 169 Å². The molecule has 2 N–H and O–H groups in total. The van der Waals surface area contributed by atoms with E-state index in [0.29, 0.717) is 29.8 Å². The van der Waals surface area contributed by atoms with E-state index in [1.54, 1.807) is 37.8 Å². The summed E-state index contributed by atoms with van der Waals surface area (Å²) in [7, 11) is 0. The molecule has 1 aromatic rings. The lowest BCUT2D eigenvalue weighted by molar-refractivity contribution is -0.155. The van der Waals surface area contributed by atoms with Gasteiger partial charge in [-0.2, -0.15) is 0 Å². The van der Waals surface area contributed by atoms with E-state index in [9.17, 15) is 9.59 Å². The van der Waals surface area contributed by atoms with Crippen LogP contribution in [-0.2, 0) is 19.1 Å². The molecule has 0 saturated carbocycles. The Morgan fingerprint density at radius 3 is 2.67 bits per heavy atom. The highest BCUT2D eigenvalue weighted by Gasteiger charge is 2.32. The molecule has 0 aromatic heterocycles. The highest BCUT2D eigenvalue weighted by Crippen LogP contribution is 2.30. The highest BCUT2D eigenvalue weighted by atomic mass is 35.5. The molecule has 0 bridgehead atoms. The van der Waals surface area contributed by atoms with E-state index in [2.05, 4.69) is 0 Å². The van der Waals surface area contributed by atoms with E-state index in [0.717, 1.165) is 5.56 Å². The molecule has 1 saturated heterocycles. The van der Waals surface area contributed by atoms with Gasteiger partial charge in [-0.05, 0) is 44.9 Å². The van der Waals surface area contributed by atoms with Crippen LogP contribution in [0.25, 0.3) is 0 Å². The van der Waals surface area contributed by atoms with Gasteiger partial charge in [0.25, 0.3) is 0 Å². The van der Waals surface area contributed by atoms with Gasteiger partial charge in [-0.1, -0.05) is 29.3 Å². The molecule has 0 unspecified atom stereocenters. The molecule has 1 heterocycles. The Morgan fingerprint density at radius 2 is 2.04 bits per heavy atom.